The zero-order valence-electron chi connectivity index (χ0n) is 12.1. The van der Waals surface area contributed by atoms with Crippen LogP contribution in [0.4, 0.5) is 0 Å². The van der Waals surface area contributed by atoms with Crippen LogP contribution in [0.2, 0.25) is 0 Å². The highest BCUT2D eigenvalue weighted by atomic mass is 79.9. The van der Waals surface area contributed by atoms with Gasteiger partial charge in [0, 0.05) is 0 Å². The molecule has 2 aromatic rings. The molecule has 0 radical (unpaired) electrons. The van der Waals surface area contributed by atoms with Crippen molar-refractivity contribution in [2.45, 2.75) is 13.1 Å². The molecule has 2 rings (SSSR count). The highest BCUT2D eigenvalue weighted by Crippen LogP contribution is 2.25. The molecule has 6 heteroatoms. The molecule has 3 N–H and O–H groups in total. The van der Waals surface area contributed by atoms with Crippen molar-refractivity contribution in [3.63, 3.8) is 0 Å². The Morgan fingerprint density at radius 2 is 2.00 bits per heavy atom. The average molecular weight is 365 g/mol. The number of carbonyl (C=O) groups excluding carboxylic acids is 1. The highest BCUT2D eigenvalue weighted by Gasteiger charge is 2.10. The molecule has 22 heavy (non-hydrogen) atoms. The summed E-state index contributed by atoms with van der Waals surface area (Å²) in [6, 6.07) is 14.9. The maximum absolute atomic E-state index is 11.6. The summed E-state index contributed by atoms with van der Waals surface area (Å²) in [6.45, 7) is 1.76. The number of hydroxylamine groups is 1. The van der Waals surface area contributed by atoms with Gasteiger partial charge in [0.15, 0.2) is 6.61 Å². The molecule has 0 saturated carbocycles. The van der Waals surface area contributed by atoms with Gasteiger partial charge in [-0.05, 0) is 46.1 Å². The minimum atomic E-state index is -0.587. The summed E-state index contributed by atoms with van der Waals surface area (Å²) in [7, 11) is 0. The SMILES string of the molecule is Cc1ccc(OCC(=O)ONC(N)c2ccccc2)c(Br)c1. The summed E-state index contributed by atoms with van der Waals surface area (Å²) in [5.41, 5.74) is 10.3. The molecule has 0 saturated heterocycles. The molecule has 0 aliphatic carbocycles. The van der Waals surface area contributed by atoms with E-state index in [1.807, 2.05) is 49.4 Å². The Bertz CT molecular complexity index is 635. The molecule has 0 aliphatic heterocycles. The summed E-state index contributed by atoms with van der Waals surface area (Å²) in [5, 5.41) is 0. The van der Waals surface area contributed by atoms with E-state index >= 15 is 0 Å². The van der Waals surface area contributed by atoms with Gasteiger partial charge < -0.3 is 15.3 Å². The number of ether oxygens (including phenoxy) is 1. The van der Waals surface area contributed by atoms with Gasteiger partial charge in [0.2, 0.25) is 0 Å². The van der Waals surface area contributed by atoms with Crippen LogP contribution in [0.25, 0.3) is 0 Å². The topological polar surface area (TPSA) is 73.6 Å². The number of nitrogens with two attached hydrogens (primary N) is 1. The smallest absolute Gasteiger partial charge is 0.362 e. The van der Waals surface area contributed by atoms with Crippen LogP contribution >= 0.6 is 15.9 Å². The second-order valence-corrected chi connectivity index (χ2v) is 5.56. The number of nitrogens with one attached hydrogen (secondary N) is 1. The van der Waals surface area contributed by atoms with Gasteiger partial charge in [-0.25, -0.2) is 4.79 Å². The largest absolute Gasteiger partial charge is 0.481 e. The third-order valence-corrected chi connectivity index (χ3v) is 3.51. The lowest BCUT2D eigenvalue weighted by Crippen LogP contribution is -2.32. The summed E-state index contributed by atoms with van der Waals surface area (Å²) in [6.07, 6.45) is -0.587. The number of aryl methyl sites for hydroxylation is 1. The number of carbonyl (C=O) groups is 1. The predicted molar refractivity (Wildman–Crippen MR) is 87.0 cm³/mol. The van der Waals surface area contributed by atoms with Gasteiger partial charge in [-0.15, -0.1) is 5.48 Å². The van der Waals surface area contributed by atoms with Gasteiger partial charge in [0.05, 0.1) is 4.47 Å². The molecule has 0 bridgehead atoms. The van der Waals surface area contributed by atoms with E-state index in [1.165, 1.54) is 0 Å². The lowest BCUT2D eigenvalue weighted by molar-refractivity contribution is -0.155. The maximum atomic E-state index is 11.6. The van der Waals surface area contributed by atoms with Crippen LogP contribution < -0.4 is 16.0 Å². The van der Waals surface area contributed by atoms with Crippen LogP contribution in [0.5, 0.6) is 5.75 Å². The van der Waals surface area contributed by atoms with E-state index in [-0.39, 0.29) is 6.61 Å². The zero-order chi connectivity index (χ0) is 15.9. The lowest BCUT2D eigenvalue weighted by atomic mass is 10.2. The Kier molecular flexibility index (Phi) is 5.94. The van der Waals surface area contributed by atoms with E-state index in [1.54, 1.807) is 6.07 Å². The van der Waals surface area contributed by atoms with Gasteiger partial charge in [-0.3, -0.25) is 0 Å². The molecule has 0 heterocycles. The number of hydrogen-bond acceptors (Lipinski definition) is 5. The Morgan fingerprint density at radius 1 is 1.27 bits per heavy atom. The fourth-order valence-electron chi connectivity index (χ4n) is 1.75. The van der Waals surface area contributed by atoms with Gasteiger partial charge >= 0.3 is 5.97 Å². The third kappa shape index (κ3) is 4.84. The molecule has 2 aromatic carbocycles. The van der Waals surface area contributed by atoms with Gasteiger partial charge in [0.1, 0.15) is 11.9 Å². The van der Waals surface area contributed by atoms with Crippen molar-refractivity contribution < 1.29 is 14.4 Å². The first-order chi connectivity index (χ1) is 10.6. The first kappa shape index (κ1) is 16.5. The second kappa shape index (κ2) is 7.93. The first-order valence-corrected chi connectivity index (χ1v) is 7.50. The number of benzene rings is 2. The first-order valence-electron chi connectivity index (χ1n) is 6.71. The minimum absolute atomic E-state index is 0.212. The van der Waals surface area contributed by atoms with Crippen molar-refractivity contribution in [3.8, 4) is 5.75 Å². The molecule has 0 fully saturated rings. The Hall–Kier alpha value is -1.89. The summed E-state index contributed by atoms with van der Waals surface area (Å²) in [5.74, 6) is 0.0220. The molecule has 116 valence electrons. The fraction of sp³-hybridized carbons (Fsp3) is 0.188. The Labute approximate surface area is 137 Å². The van der Waals surface area contributed by atoms with Gasteiger partial charge in [-0.2, -0.15) is 0 Å². The molecule has 0 aromatic heterocycles. The van der Waals surface area contributed by atoms with Crippen molar-refractivity contribution in [3.05, 3.63) is 64.1 Å². The fourth-order valence-corrected chi connectivity index (χ4v) is 2.35. The van der Waals surface area contributed by atoms with Crippen molar-refractivity contribution >= 4 is 21.9 Å². The van der Waals surface area contributed by atoms with Crippen LogP contribution in [0.3, 0.4) is 0 Å². The minimum Gasteiger partial charge on any atom is -0.481 e. The number of halogens is 1. The molecular formula is C16H17BrN2O3. The molecule has 1 atom stereocenters. The summed E-state index contributed by atoms with van der Waals surface area (Å²) >= 11 is 3.38. The monoisotopic (exact) mass is 364 g/mol. The van der Waals surface area contributed by atoms with Crippen molar-refractivity contribution in [2.75, 3.05) is 6.61 Å². The molecule has 0 amide bonds. The van der Waals surface area contributed by atoms with E-state index < -0.39 is 12.1 Å². The normalized spacial score (nSPS) is 11.8. The van der Waals surface area contributed by atoms with E-state index in [0.717, 1.165) is 15.6 Å². The van der Waals surface area contributed by atoms with Crippen molar-refractivity contribution in [1.82, 2.24) is 5.48 Å². The predicted octanol–water partition coefficient (Wildman–Crippen LogP) is 2.84. The second-order valence-electron chi connectivity index (χ2n) is 4.70. The van der Waals surface area contributed by atoms with Crippen LogP contribution in [0.1, 0.15) is 17.3 Å². The quantitative estimate of drug-likeness (QED) is 0.608. The van der Waals surface area contributed by atoms with Crippen molar-refractivity contribution in [1.29, 1.82) is 0 Å². The zero-order valence-corrected chi connectivity index (χ0v) is 13.7. The maximum Gasteiger partial charge on any atom is 0.362 e. The number of hydrogen-bond donors (Lipinski definition) is 2. The van der Waals surface area contributed by atoms with Gasteiger partial charge in [-0.1, -0.05) is 36.4 Å². The Morgan fingerprint density at radius 3 is 2.68 bits per heavy atom. The number of rotatable bonds is 6. The summed E-state index contributed by atoms with van der Waals surface area (Å²) in [4.78, 5) is 16.5. The van der Waals surface area contributed by atoms with Crippen LogP contribution in [0, 0.1) is 6.92 Å². The standard InChI is InChI=1S/C16H17BrN2O3/c1-11-7-8-14(13(17)9-11)21-10-15(20)22-19-16(18)12-5-3-2-4-6-12/h2-9,16,19H,10,18H2,1H3. The van der Waals surface area contributed by atoms with Crippen LogP contribution in [-0.4, -0.2) is 12.6 Å². The van der Waals surface area contributed by atoms with Crippen molar-refractivity contribution in [2.24, 2.45) is 5.73 Å². The molecule has 0 aliphatic rings. The highest BCUT2D eigenvalue weighted by molar-refractivity contribution is 9.10. The third-order valence-electron chi connectivity index (χ3n) is 2.89. The summed E-state index contributed by atoms with van der Waals surface area (Å²) < 4.78 is 6.18. The Balaban J connectivity index is 1.78. The average Bonchev–Trinajstić information content (AvgIpc) is 2.52. The van der Waals surface area contributed by atoms with E-state index in [9.17, 15) is 4.79 Å². The van der Waals surface area contributed by atoms with Crippen LogP contribution in [-0.2, 0) is 9.63 Å². The van der Waals surface area contributed by atoms with E-state index in [4.69, 9.17) is 15.3 Å². The molecule has 0 spiro atoms. The molecule has 1 unspecified atom stereocenters. The van der Waals surface area contributed by atoms with Gasteiger partial charge in [0.25, 0.3) is 0 Å². The molecule has 5 nitrogen and oxygen atoms in total. The van der Waals surface area contributed by atoms with E-state index in [2.05, 4.69) is 21.4 Å². The molecular weight excluding hydrogens is 348 g/mol. The van der Waals surface area contributed by atoms with E-state index in [0.29, 0.717) is 5.75 Å². The van der Waals surface area contributed by atoms with Crippen LogP contribution in [0.15, 0.2) is 53.0 Å². The lowest BCUT2D eigenvalue weighted by Gasteiger charge is -2.14.